The topological polar surface area (TPSA) is 104 Å². The molecule has 1 heterocycles. The molecule has 1 atom stereocenters. The lowest BCUT2D eigenvalue weighted by atomic mass is 10.2. The van der Waals surface area contributed by atoms with Crippen molar-refractivity contribution >= 4 is 12.0 Å². The van der Waals surface area contributed by atoms with Crippen LogP contribution in [0, 0.1) is 0 Å². The fourth-order valence-corrected chi connectivity index (χ4v) is 1.15. The molecule has 0 aliphatic carbocycles. The van der Waals surface area contributed by atoms with Crippen LogP contribution in [0.3, 0.4) is 0 Å². The third-order valence-electron chi connectivity index (χ3n) is 2.07. The Morgan fingerprint density at radius 2 is 2.29 bits per heavy atom. The minimum atomic E-state index is -1.05. The first-order valence-electron chi connectivity index (χ1n) is 5.17. The van der Waals surface area contributed by atoms with E-state index in [0.717, 1.165) is 0 Å². The molecular weight excluding hydrogens is 224 g/mol. The summed E-state index contributed by atoms with van der Waals surface area (Å²) in [5.74, 6) is -1.05. The van der Waals surface area contributed by atoms with Gasteiger partial charge >= 0.3 is 12.0 Å². The molecule has 0 aromatic carbocycles. The van der Waals surface area contributed by atoms with E-state index in [1.807, 2.05) is 0 Å². The van der Waals surface area contributed by atoms with Gasteiger partial charge in [0.1, 0.15) is 6.04 Å². The van der Waals surface area contributed by atoms with Crippen LogP contribution in [0.5, 0.6) is 0 Å². The number of carbonyl (C=O) groups excluding carboxylic acids is 1. The van der Waals surface area contributed by atoms with Gasteiger partial charge in [-0.25, -0.2) is 9.59 Å². The standard InChI is InChI=1S/C10H14N4O3/c1-2-8(9(15)16)13-10(17)11-6-7-4-3-5-12-14-7/h3-5,8H,2,6H2,1H3,(H,15,16)(H2,11,13,17). The second-order valence-corrected chi connectivity index (χ2v) is 3.34. The van der Waals surface area contributed by atoms with E-state index >= 15 is 0 Å². The van der Waals surface area contributed by atoms with Gasteiger partial charge < -0.3 is 15.7 Å². The highest BCUT2D eigenvalue weighted by Crippen LogP contribution is 1.92. The fraction of sp³-hybridized carbons (Fsp3) is 0.400. The van der Waals surface area contributed by atoms with E-state index in [4.69, 9.17) is 5.11 Å². The van der Waals surface area contributed by atoms with Gasteiger partial charge in [-0.1, -0.05) is 6.92 Å². The minimum absolute atomic E-state index is 0.204. The summed E-state index contributed by atoms with van der Waals surface area (Å²) < 4.78 is 0. The van der Waals surface area contributed by atoms with Crippen LogP contribution in [0.4, 0.5) is 4.79 Å². The molecule has 0 saturated carbocycles. The maximum absolute atomic E-state index is 11.4. The molecule has 0 aliphatic rings. The number of hydrogen-bond acceptors (Lipinski definition) is 4. The third kappa shape index (κ3) is 4.45. The van der Waals surface area contributed by atoms with Crippen LogP contribution in [0.1, 0.15) is 19.0 Å². The van der Waals surface area contributed by atoms with Crippen LogP contribution in [0.2, 0.25) is 0 Å². The molecule has 0 aliphatic heterocycles. The van der Waals surface area contributed by atoms with E-state index in [9.17, 15) is 9.59 Å². The Balaban J connectivity index is 2.37. The van der Waals surface area contributed by atoms with Gasteiger partial charge in [-0.05, 0) is 18.6 Å². The Labute approximate surface area is 98.2 Å². The van der Waals surface area contributed by atoms with Crippen molar-refractivity contribution in [1.29, 1.82) is 0 Å². The Hall–Kier alpha value is -2.18. The number of amides is 2. The van der Waals surface area contributed by atoms with Crippen LogP contribution in [0.15, 0.2) is 18.3 Å². The van der Waals surface area contributed by atoms with Gasteiger partial charge in [0, 0.05) is 6.20 Å². The van der Waals surface area contributed by atoms with Crippen LogP contribution in [-0.4, -0.2) is 33.3 Å². The second kappa shape index (κ2) is 6.41. The quantitative estimate of drug-likeness (QED) is 0.676. The van der Waals surface area contributed by atoms with E-state index in [0.29, 0.717) is 12.1 Å². The Kier molecular flexibility index (Phi) is 4.86. The minimum Gasteiger partial charge on any atom is -0.480 e. The van der Waals surface area contributed by atoms with Crippen molar-refractivity contribution in [1.82, 2.24) is 20.8 Å². The van der Waals surface area contributed by atoms with Crippen LogP contribution in [0.25, 0.3) is 0 Å². The molecule has 0 radical (unpaired) electrons. The zero-order valence-corrected chi connectivity index (χ0v) is 9.38. The molecule has 17 heavy (non-hydrogen) atoms. The third-order valence-corrected chi connectivity index (χ3v) is 2.07. The predicted molar refractivity (Wildman–Crippen MR) is 59.1 cm³/mol. The average molecular weight is 238 g/mol. The Morgan fingerprint density at radius 3 is 2.82 bits per heavy atom. The lowest BCUT2D eigenvalue weighted by Crippen LogP contribution is -2.45. The smallest absolute Gasteiger partial charge is 0.326 e. The van der Waals surface area contributed by atoms with Crippen LogP contribution >= 0.6 is 0 Å². The number of rotatable bonds is 5. The van der Waals surface area contributed by atoms with Gasteiger partial charge in [-0.3, -0.25) is 0 Å². The van der Waals surface area contributed by atoms with E-state index in [1.165, 1.54) is 6.20 Å². The van der Waals surface area contributed by atoms with Gasteiger partial charge in [-0.2, -0.15) is 10.2 Å². The number of carboxylic acids is 1. The maximum Gasteiger partial charge on any atom is 0.326 e. The van der Waals surface area contributed by atoms with Crippen molar-refractivity contribution in [3.63, 3.8) is 0 Å². The molecule has 7 nitrogen and oxygen atoms in total. The highest BCUT2D eigenvalue weighted by atomic mass is 16.4. The fourth-order valence-electron chi connectivity index (χ4n) is 1.15. The summed E-state index contributed by atoms with van der Waals surface area (Å²) in [4.78, 5) is 22.0. The van der Waals surface area contributed by atoms with E-state index in [-0.39, 0.29) is 6.54 Å². The molecule has 1 aromatic heterocycles. The van der Waals surface area contributed by atoms with Crippen molar-refractivity contribution < 1.29 is 14.7 Å². The molecule has 1 unspecified atom stereocenters. The molecule has 3 N–H and O–H groups in total. The highest BCUT2D eigenvalue weighted by molar-refractivity contribution is 5.82. The Bertz CT molecular complexity index is 382. The monoisotopic (exact) mass is 238 g/mol. The zero-order chi connectivity index (χ0) is 12.7. The molecule has 92 valence electrons. The van der Waals surface area contributed by atoms with Gasteiger partial charge in [0.2, 0.25) is 0 Å². The van der Waals surface area contributed by atoms with Gasteiger partial charge in [0.25, 0.3) is 0 Å². The first-order valence-corrected chi connectivity index (χ1v) is 5.17. The average Bonchev–Trinajstić information content (AvgIpc) is 2.34. The molecule has 0 saturated heterocycles. The van der Waals surface area contributed by atoms with Crippen LogP contribution in [-0.2, 0) is 11.3 Å². The molecule has 1 rings (SSSR count). The summed E-state index contributed by atoms with van der Waals surface area (Å²) in [6, 6.07) is 2.00. The summed E-state index contributed by atoms with van der Waals surface area (Å²) >= 11 is 0. The summed E-state index contributed by atoms with van der Waals surface area (Å²) in [5, 5.41) is 21.0. The molecular formula is C10H14N4O3. The number of carbonyl (C=O) groups is 2. The number of aliphatic carboxylic acids is 1. The predicted octanol–water partition coefficient (Wildman–Crippen LogP) is 0.139. The molecule has 7 heteroatoms. The molecule has 0 spiro atoms. The maximum atomic E-state index is 11.4. The van der Waals surface area contributed by atoms with Crippen molar-refractivity contribution in [3.8, 4) is 0 Å². The SMILES string of the molecule is CCC(NC(=O)NCc1cccnn1)C(=O)O. The summed E-state index contributed by atoms with van der Waals surface area (Å²) in [6.07, 6.45) is 1.86. The number of nitrogens with zero attached hydrogens (tertiary/aromatic N) is 2. The number of carboxylic acid groups (broad SMARTS) is 1. The first kappa shape index (κ1) is 12.9. The molecule has 2 amide bonds. The molecule has 0 bridgehead atoms. The Morgan fingerprint density at radius 1 is 1.53 bits per heavy atom. The van der Waals surface area contributed by atoms with Crippen molar-refractivity contribution in [2.45, 2.75) is 25.9 Å². The van der Waals surface area contributed by atoms with Gasteiger partial charge in [0.15, 0.2) is 0 Å². The molecule has 0 fully saturated rings. The lowest BCUT2D eigenvalue weighted by Gasteiger charge is -2.12. The van der Waals surface area contributed by atoms with Crippen molar-refractivity contribution in [2.24, 2.45) is 0 Å². The van der Waals surface area contributed by atoms with Crippen LogP contribution < -0.4 is 10.6 Å². The number of aromatic nitrogens is 2. The number of hydrogen-bond donors (Lipinski definition) is 3. The lowest BCUT2D eigenvalue weighted by molar-refractivity contribution is -0.139. The summed E-state index contributed by atoms with van der Waals surface area (Å²) in [5.41, 5.74) is 0.603. The first-order chi connectivity index (χ1) is 8.13. The molecule has 1 aromatic rings. The van der Waals surface area contributed by atoms with Crippen molar-refractivity contribution in [3.05, 3.63) is 24.0 Å². The largest absolute Gasteiger partial charge is 0.480 e. The van der Waals surface area contributed by atoms with Gasteiger partial charge in [-0.15, -0.1) is 0 Å². The van der Waals surface area contributed by atoms with Crippen molar-refractivity contribution in [2.75, 3.05) is 0 Å². The number of urea groups is 1. The van der Waals surface area contributed by atoms with E-state index in [2.05, 4.69) is 20.8 Å². The van der Waals surface area contributed by atoms with Gasteiger partial charge in [0.05, 0.1) is 12.2 Å². The highest BCUT2D eigenvalue weighted by Gasteiger charge is 2.16. The number of nitrogens with one attached hydrogen (secondary N) is 2. The zero-order valence-electron chi connectivity index (χ0n) is 9.38. The van der Waals surface area contributed by atoms with E-state index < -0.39 is 18.0 Å². The summed E-state index contributed by atoms with van der Waals surface area (Å²) in [6.45, 7) is 1.89. The summed E-state index contributed by atoms with van der Waals surface area (Å²) in [7, 11) is 0. The normalized spacial score (nSPS) is 11.6. The second-order valence-electron chi connectivity index (χ2n) is 3.34. The van der Waals surface area contributed by atoms with E-state index in [1.54, 1.807) is 19.1 Å².